The van der Waals surface area contributed by atoms with Gasteiger partial charge in [0.05, 0.1) is 3.42 Å². The predicted octanol–water partition coefficient (Wildman–Crippen LogP) is 7.71. The molecule has 0 aromatic rings. The van der Waals surface area contributed by atoms with Crippen LogP contribution in [0.25, 0.3) is 0 Å². The lowest BCUT2D eigenvalue weighted by molar-refractivity contribution is -0.287. The number of carbonyl (C=O) groups is 5. The minimum absolute atomic E-state index is 0.00646. The Hall–Kier alpha value is -1.22. The summed E-state index contributed by atoms with van der Waals surface area (Å²) in [6.07, 6.45) is 5.53. The summed E-state index contributed by atoms with van der Waals surface area (Å²) < 4.78 is 0.216. The fraction of sp³-hybridized carbons (Fsp3) is 0.911. The second-order valence-corrected chi connectivity index (χ2v) is 44.8. The molecule has 0 radical (unpaired) electrons. The van der Waals surface area contributed by atoms with Crippen molar-refractivity contribution in [3.05, 3.63) is 11.6 Å². The molecule has 34 aliphatic rings. The summed E-state index contributed by atoms with van der Waals surface area (Å²) in [7, 11) is 0. The Balaban J connectivity index is 0.812. The number of allylic oxidation sites excluding steroid dienone is 2. The van der Waals surface area contributed by atoms with Crippen molar-refractivity contribution in [2.45, 2.75) is 22.9 Å². The molecule has 0 saturated heterocycles. The van der Waals surface area contributed by atoms with Gasteiger partial charge in [0.25, 0.3) is 0 Å². The summed E-state index contributed by atoms with van der Waals surface area (Å²) in [4.78, 5) is 85.5. The number of carbonyl (C=O) groups excluding carboxylic acids is 5. The fourth-order valence-electron chi connectivity index (χ4n) is 52.7. The number of aldehydes is 1. The van der Waals surface area contributed by atoms with E-state index >= 15 is 24.0 Å². The summed E-state index contributed by atoms with van der Waals surface area (Å²) in [5.74, 6) is 39.2. The number of fused-ring (bicyclic) bond motifs is 11. The molecule has 0 bridgehead atoms. The Morgan fingerprint density at radius 3 is 1.28 bits per heavy atom. The van der Waals surface area contributed by atoms with Gasteiger partial charge in [0.15, 0.2) is 5.78 Å². The van der Waals surface area contributed by atoms with Crippen molar-refractivity contribution in [3.63, 3.8) is 0 Å². The van der Waals surface area contributed by atoms with E-state index < -0.39 is 6.10 Å². The molecule has 0 heterocycles. The van der Waals surface area contributed by atoms with Crippen LogP contribution >= 0.6 is 22.6 Å². The van der Waals surface area contributed by atoms with Crippen LogP contribution in [0.5, 0.6) is 0 Å². The van der Waals surface area contributed by atoms with Gasteiger partial charge < -0.3 is 9.90 Å². The van der Waals surface area contributed by atoms with Gasteiger partial charge >= 0.3 is 0 Å². The smallest absolute Gasteiger partial charge is 0.165 e. The summed E-state index contributed by atoms with van der Waals surface area (Å²) in [5.41, 5.74) is 2.16. The van der Waals surface area contributed by atoms with E-state index in [9.17, 15) is 5.11 Å². The number of ketones is 4. The highest BCUT2D eigenvalue weighted by molar-refractivity contribution is 14.1. The minimum Gasteiger partial charge on any atom is -0.385 e. The Morgan fingerprint density at radius 2 is 0.698 bits per heavy atom. The third-order valence-corrected chi connectivity index (χ3v) is 49.6. The van der Waals surface area contributed by atoms with Crippen LogP contribution in [0.15, 0.2) is 11.6 Å². The molecular weight excluding hydrogens is 1170 g/mol. The van der Waals surface area contributed by atoms with Crippen LogP contribution in [-0.2, 0) is 24.0 Å². The van der Waals surface area contributed by atoms with Crippen LogP contribution in [-0.4, -0.2) is 44.1 Å². The van der Waals surface area contributed by atoms with Crippen molar-refractivity contribution < 1.29 is 29.1 Å². The Morgan fingerprint density at radius 1 is 0.372 bits per heavy atom. The minimum atomic E-state index is -1.05. The molecule has 6 nitrogen and oxygen atoms in total. The Kier molecular flexibility index (Phi) is 5.33. The van der Waals surface area contributed by atoms with Crippen molar-refractivity contribution in [1.82, 2.24) is 0 Å². The van der Waals surface area contributed by atoms with Crippen molar-refractivity contribution in [3.8, 4) is 0 Å². The molecule has 70 atom stereocenters. The van der Waals surface area contributed by atoms with Gasteiger partial charge in [-0.25, -0.2) is 0 Å². The third kappa shape index (κ3) is 2.82. The molecule has 33 saturated carbocycles. The highest BCUT2D eigenvalue weighted by Gasteiger charge is 3.01. The van der Waals surface area contributed by atoms with Crippen LogP contribution in [0.1, 0.15) is 13.3 Å². The molecule has 0 aliphatic heterocycles. The summed E-state index contributed by atoms with van der Waals surface area (Å²) in [6.45, 7) is 2.07. The van der Waals surface area contributed by atoms with E-state index in [0.717, 1.165) is 166 Å². The molecular formula is C79H77IO6. The number of hydrogen-bond acceptors (Lipinski definition) is 6. The Labute approximate surface area is 514 Å². The highest BCUT2D eigenvalue weighted by atomic mass is 127. The van der Waals surface area contributed by atoms with Crippen molar-refractivity contribution in [2.24, 2.45) is 402 Å². The number of halogens is 1. The number of aliphatic hydroxyl groups is 1. The van der Waals surface area contributed by atoms with Crippen LogP contribution in [0.2, 0.25) is 0 Å². The lowest BCUT2D eigenvalue weighted by atomic mass is 9.28. The maximum absolute atomic E-state index is 18.3. The van der Waals surface area contributed by atoms with E-state index in [1.54, 1.807) is 6.42 Å². The molecule has 7 heteroatoms. The van der Waals surface area contributed by atoms with Gasteiger partial charge in [-0.3, -0.25) is 19.2 Å². The number of aliphatic hydroxyl groups excluding tert-OH is 1. The number of rotatable bonds is 2. The first-order valence-corrected chi connectivity index (χ1v) is 40.0. The van der Waals surface area contributed by atoms with Gasteiger partial charge in [-0.15, -0.1) is 0 Å². The van der Waals surface area contributed by atoms with Crippen molar-refractivity contribution in [2.75, 3.05) is 0 Å². The van der Waals surface area contributed by atoms with Crippen LogP contribution < -0.4 is 0 Å². The zero-order valence-corrected chi connectivity index (χ0v) is 50.7. The fourth-order valence-corrected chi connectivity index (χ4v) is 54.9. The average molecular weight is 1250 g/mol. The number of alkyl halides is 1. The highest BCUT2D eigenvalue weighted by Crippen LogP contribution is 3.03. The molecule has 0 spiro atoms. The molecule has 0 amide bonds. The van der Waals surface area contributed by atoms with E-state index in [1.165, 1.54) is 6.29 Å². The van der Waals surface area contributed by atoms with E-state index in [4.69, 9.17) is 0 Å². The second-order valence-electron chi connectivity index (χ2n) is 43.0. The zero-order chi connectivity index (χ0) is 53.3. The largest absolute Gasteiger partial charge is 0.385 e. The van der Waals surface area contributed by atoms with E-state index in [2.05, 4.69) is 41.2 Å². The Bertz CT molecular complexity index is 3980. The normalized spacial score (nSPS) is 91.5. The van der Waals surface area contributed by atoms with Crippen LogP contribution in [0.4, 0.5) is 0 Å². The second kappa shape index (κ2) is 10.9. The first-order valence-electron chi connectivity index (χ1n) is 38.9. The lowest BCUT2D eigenvalue weighted by Gasteiger charge is -2.76. The maximum Gasteiger partial charge on any atom is 0.165 e. The summed E-state index contributed by atoms with van der Waals surface area (Å²) >= 11 is 3.53. The van der Waals surface area contributed by atoms with Crippen LogP contribution in [0, 0.1) is 402 Å². The zero-order valence-electron chi connectivity index (χ0n) is 48.6. The average Bonchev–Trinajstić information content (AvgIpc) is 1.41. The van der Waals surface area contributed by atoms with Crippen LogP contribution in [0.3, 0.4) is 0 Å². The molecule has 1 N–H and O–H groups in total. The molecule has 0 aromatic carbocycles. The van der Waals surface area contributed by atoms with E-state index in [0.29, 0.717) is 171 Å². The molecule has 33 fully saturated rings. The predicted molar refractivity (Wildman–Crippen MR) is 305 cm³/mol. The molecule has 0 aromatic heterocycles. The first-order chi connectivity index (χ1) is 42.2. The van der Waals surface area contributed by atoms with E-state index in [1.807, 2.05) is 0 Å². The van der Waals surface area contributed by atoms with Gasteiger partial charge in [0.1, 0.15) is 29.7 Å². The quantitative estimate of drug-likeness (QED) is 0.132. The molecule has 86 heavy (non-hydrogen) atoms. The van der Waals surface area contributed by atoms with Crippen molar-refractivity contribution >= 4 is 52.0 Å². The number of hydrogen-bond donors (Lipinski definition) is 1. The summed E-state index contributed by atoms with van der Waals surface area (Å²) in [5, 5.41) is 14.0. The van der Waals surface area contributed by atoms with Gasteiger partial charge in [0.2, 0.25) is 0 Å². The van der Waals surface area contributed by atoms with Gasteiger partial charge in [0, 0.05) is 47.3 Å². The first kappa shape index (κ1) is 42.2. The van der Waals surface area contributed by atoms with Gasteiger partial charge in [-0.2, -0.15) is 0 Å². The van der Waals surface area contributed by atoms with Gasteiger partial charge in [-0.1, -0.05) is 34.2 Å². The standard InChI is InChI=1S/C79H77IO6/c1-5(82)11-20-17-9(4-81)19-30-36-28(17)40-39-26-16-7-2-6-12-10-3-8-14-13(7)24(26)37-38-25(14)35-29-18(8)73-66-56-41(29)46-42(35)47-45(38)48(43(36)44(37)40)52-50(47)53-49(46)54-51(56)55-57-63-58-60-33(22(12)65(58)74(67(57)66)79(10,73)80)27-15(6)23(16)34(31(20)39)32(27)21(11)68(60)76(84)71(63)72-64(55)70(77(85)78(72)86)62(54)61(53)69(59(30)52)75(19)83/h3-4,6-9,11-74,78,86H,2H2,1H3. The topological polar surface area (TPSA) is 106 Å². The molecule has 34 rings (SSSR count). The monoisotopic (exact) mass is 1250 g/mol. The van der Waals surface area contributed by atoms with Crippen molar-refractivity contribution in [1.29, 1.82) is 0 Å². The van der Waals surface area contributed by atoms with Gasteiger partial charge in [-0.05, 0) is 368 Å². The lowest BCUT2D eigenvalue weighted by Crippen LogP contribution is -2.75. The molecule has 34 aliphatic carbocycles. The number of Topliss-reactive ketones (excluding diaryl/α,β-unsaturated/α-hetero) is 4. The SMILES string of the molecule is CC(=O)C1C2C3C(=O)C4C5C(O)C(=O)C6C7C8C9C(=O)C%10C(C=O)C%11C1C1C%12C%13C%14C%15CC%16C%13C%13C%17C%16C%16C%18C=C%19C%15C%15C(C3C3C4C4C(C65)C5C7C6C8C7C8C9C%10C9C%11C(C%131)C1C%17C%10C%16C%11C(C7C%10C8C91)C6C1C%11C%18C6C(C51)C4C(C%153)C%196I)C%14C2%12. The molecule has 436 valence electrons. The third-order valence-electron chi connectivity index (χ3n) is 47.5. The van der Waals surface area contributed by atoms with E-state index in [-0.39, 0.29) is 92.1 Å². The maximum atomic E-state index is 18.3. The molecule has 70 unspecified atom stereocenters. The summed E-state index contributed by atoms with van der Waals surface area (Å²) in [6, 6.07) is 0.